The summed E-state index contributed by atoms with van der Waals surface area (Å²) in [6.07, 6.45) is 1.84. The van der Waals surface area contributed by atoms with Crippen LogP contribution in [0, 0.1) is 5.92 Å². The number of rotatable bonds is 6. The predicted molar refractivity (Wildman–Crippen MR) is 84.3 cm³/mol. The molecule has 1 saturated heterocycles. The molecule has 0 spiro atoms. The second-order valence-electron chi connectivity index (χ2n) is 5.88. The topological polar surface area (TPSA) is 69.6 Å². The summed E-state index contributed by atoms with van der Waals surface area (Å²) >= 11 is 0. The van der Waals surface area contributed by atoms with E-state index in [4.69, 9.17) is 0 Å². The van der Waals surface area contributed by atoms with Gasteiger partial charge in [0.15, 0.2) is 0 Å². The van der Waals surface area contributed by atoms with E-state index < -0.39 is 11.9 Å². The molecule has 22 heavy (non-hydrogen) atoms. The van der Waals surface area contributed by atoms with E-state index >= 15 is 0 Å². The van der Waals surface area contributed by atoms with Gasteiger partial charge in [-0.2, -0.15) is 0 Å². The first-order valence-corrected chi connectivity index (χ1v) is 7.88. The smallest absolute Gasteiger partial charge is 0.308 e. The Morgan fingerprint density at radius 2 is 2.00 bits per heavy atom. The number of carboxylic acids is 1. The molecule has 1 heterocycles. The molecule has 1 fully saturated rings. The Bertz CT molecular complexity index is 504. The van der Waals surface area contributed by atoms with Crippen LogP contribution in [0.5, 0.6) is 0 Å². The number of amides is 1. The maximum absolute atomic E-state index is 12.1. The molecule has 0 radical (unpaired) electrons. The Kier molecular flexibility index (Phi) is 5.95. The molecule has 2 atom stereocenters. The van der Waals surface area contributed by atoms with Crippen molar-refractivity contribution in [3.05, 3.63) is 35.9 Å². The average molecular weight is 304 g/mol. The van der Waals surface area contributed by atoms with Gasteiger partial charge in [0.25, 0.3) is 0 Å². The van der Waals surface area contributed by atoms with Gasteiger partial charge in [-0.3, -0.25) is 9.59 Å². The standard InChI is InChI=1S/C17H24N2O3/c1-2-6-16(20)19-11-14(17(21)22)9-15(12-19)18-10-13-7-4-3-5-8-13/h3-5,7-8,14-15,18H,2,6,9-12H2,1H3,(H,21,22). The van der Waals surface area contributed by atoms with E-state index in [9.17, 15) is 14.7 Å². The second kappa shape index (κ2) is 7.94. The molecule has 0 aliphatic carbocycles. The summed E-state index contributed by atoms with van der Waals surface area (Å²) in [6.45, 7) is 3.57. The first-order chi connectivity index (χ1) is 10.6. The van der Waals surface area contributed by atoms with Crippen molar-refractivity contribution >= 4 is 11.9 Å². The lowest BCUT2D eigenvalue weighted by Gasteiger charge is -2.36. The molecule has 2 rings (SSSR count). The number of hydrogen-bond acceptors (Lipinski definition) is 3. The van der Waals surface area contributed by atoms with Gasteiger partial charge < -0.3 is 15.3 Å². The van der Waals surface area contributed by atoms with Crippen LogP contribution in [0.3, 0.4) is 0 Å². The maximum Gasteiger partial charge on any atom is 0.308 e. The summed E-state index contributed by atoms with van der Waals surface area (Å²) in [6, 6.07) is 10.0. The molecule has 0 bridgehead atoms. The largest absolute Gasteiger partial charge is 0.481 e. The van der Waals surface area contributed by atoms with Gasteiger partial charge in [0.1, 0.15) is 0 Å². The van der Waals surface area contributed by atoms with E-state index in [0.717, 1.165) is 12.0 Å². The molecule has 2 unspecified atom stereocenters. The minimum Gasteiger partial charge on any atom is -0.481 e. The molecule has 2 N–H and O–H groups in total. The molecular weight excluding hydrogens is 280 g/mol. The van der Waals surface area contributed by atoms with Gasteiger partial charge in [-0.25, -0.2) is 0 Å². The van der Waals surface area contributed by atoms with Crippen molar-refractivity contribution in [1.29, 1.82) is 0 Å². The summed E-state index contributed by atoms with van der Waals surface area (Å²) in [5.41, 5.74) is 1.16. The van der Waals surface area contributed by atoms with Gasteiger partial charge in [0.05, 0.1) is 5.92 Å². The van der Waals surface area contributed by atoms with Crippen molar-refractivity contribution in [3.63, 3.8) is 0 Å². The van der Waals surface area contributed by atoms with Crippen LogP contribution in [0.1, 0.15) is 31.7 Å². The number of hydrogen-bond donors (Lipinski definition) is 2. The number of piperidine rings is 1. The maximum atomic E-state index is 12.1. The summed E-state index contributed by atoms with van der Waals surface area (Å²) in [5, 5.41) is 12.7. The fraction of sp³-hybridized carbons (Fsp3) is 0.529. The number of nitrogens with zero attached hydrogens (tertiary/aromatic N) is 1. The molecule has 1 aliphatic heterocycles. The first kappa shape index (κ1) is 16.5. The average Bonchev–Trinajstić information content (AvgIpc) is 2.54. The highest BCUT2D eigenvalue weighted by Crippen LogP contribution is 2.19. The zero-order valence-electron chi connectivity index (χ0n) is 13.0. The summed E-state index contributed by atoms with van der Waals surface area (Å²) in [7, 11) is 0. The van der Waals surface area contributed by atoms with Crippen molar-refractivity contribution in [2.24, 2.45) is 5.92 Å². The zero-order chi connectivity index (χ0) is 15.9. The fourth-order valence-corrected chi connectivity index (χ4v) is 2.86. The molecule has 1 aliphatic rings. The molecule has 1 amide bonds. The number of likely N-dealkylation sites (tertiary alicyclic amines) is 1. The SMILES string of the molecule is CCCC(=O)N1CC(NCc2ccccc2)CC(C(=O)O)C1. The van der Waals surface area contributed by atoms with E-state index in [2.05, 4.69) is 5.32 Å². The quantitative estimate of drug-likeness (QED) is 0.842. The van der Waals surface area contributed by atoms with Gasteiger partial charge in [0, 0.05) is 32.1 Å². The Balaban J connectivity index is 1.96. The highest BCUT2D eigenvalue weighted by atomic mass is 16.4. The molecule has 0 aromatic heterocycles. The first-order valence-electron chi connectivity index (χ1n) is 7.88. The van der Waals surface area contributed by atoms with Gasteiger partial charge in [-0.1, -0.05) is 37.3 Å². The van der Waals surface area contributed by atoms with Crippen molar-refractivity contribution in [2.75, 3.05) is 13.1 Å². The van der Waals surface area contributed by atoms with Crippen LogP contribution in [0.25, 0.3) is 0 Å². The monoisotopic (exact) mass is 304 g/mol. The number of carboxylic acid groups (broad SMARTS) is 1. The molecule has 0 saturated carbocycles. The third kappa shape index (κ3) is 4.56. The number of carbonyl (C=O) groups excluding carboxylic acids is 1. The third-order valence-corrected chi connectivity index (χ3v) is 4.05. The number of aliphatic carboxylic acids is 1. The van der Waals surface area contributed by atoms with Crippen molar-refractivity contribution in [1.82, 2.24) is 10.2 Å². The lowest BCUT2D eigenvalue weighted by atomic mass is 9.93. The van der Waals surface area contributed by atoms with Crippen LogP contribution in [-0.2, 0) is 16.1 Å². The minimum atomic E-state index is -0.819. The van der Waals surface area contributed by atoms with E-state index in [-0.39, 0.29) is 11.9 Å². The van der Waals surface area contributed by atoms with Crippen LogP contribution >= 0.6 is 0 Å². The van der Waals surface area contributed by atoms with E-state index in [0.29, 0.717) is 32.5 Å². The van der Waals surface area contributed by atoms with Gasteiger partial charge in [-0.05, 0) is 18.4 Å². The predicted octanol–water partition coefficient (Wildman–Crippen LogP) is 1.88. The Morgan fingerprint density at radius 3 is 2.64 bits per heavy atom. The van der Waals surface area contributed by atoms with Crippen molar-refractivity contribution in [3.8, 4) is 0 Å². The molecule has 5 heteroatoms. The normalized spacial score (nSPS) is 21.6. The minimum absolute atomic E-state index is 0.0239. The molecule has 1 aromatic carbocycles. The molecule has 120 valence electrons. The lowest BCUT2D eigenvalue weighted by Crippen LogP contribution is -2.52. The summed E-state index contributed by atoms with van der Waals surface area (Å²) in [5.74, 6) is -1.25. The van der Waals surface area contributed by atoms with Crippen LogP contribution in [0.15, 0.2) is 30.3 Å². The summed E-state index contributed by atoms with van der Waals surface area (Å²) < 4.78 is 0. The van der Waals surface area contributed by atoms with Crippen LogP contribution in [-0.4, -0.2) is 41.0 Å². The van der Waals surface area contributed by atoms with Gasteiger partial charge >= 0.3 is 5.97 Å². The number of carbonyl (C=O) groups is 2. The van der Waals surface area contributed by atoms with Crippen molar-refractivity contribution in [2.45, 2.75) is 38.8 Å². The van der Waals surface area contributed by atoms with E-state index in [1.807, 2.05) is 37.3 Å². The van der Waals surface area contributed by atoms with Crippen molar-refractivity contribution < 1.29 is 14.7 Å². The number of nitrogens with one attached hydrogen (secondary N) is 1. The van der Waals surface area contributed by atoms with E-state index in [1.165, 1.54) is 0 Å². The molecular formula is C17H24N2O3. The summed E-state index contributed by atoms with van der Waals surface area (Å²) in [4.78, 5) is 25.1. The van der Waals surface area contributed by atoms with Crippen LogP contribution in [0.2, 0.25) is 0 Å². The van der Waals surface area contributed by atoms with Gasteiger partial charge in [-0.15, -0.1) is 0 Å². The highest BCUT2D eigenvalue weighted by molar-refractivity contribution is 5.78. The second-order valence-corrected chi connectivity index (χ2v) is 5.88. The Morgan fingerprint density at radius 1 is 1.27 bits per heavy atom. The zero-order valence-corrected chi connectivity index (χ0v) is 13.0. The third-order valence-electron chi connectivity index (χ3n) is 4.05. The van der Waals surface area contributed by atoms with E-state index in [1.54, 1.807) is 4.90 Å². The van der Waals surface area contributed by atoms with Gasteiger partial charge in [0.2, 0.25) is 5.91 Å². The Labute approximate surface area is 131 Å². The molecule has 5 nitrogen and oxygen atoms in total. The Hall–Kier alpha value is -1.88. The molecule has 1 aromatic rings. The van der Waals surface area contributed by atoms with Crippen LogP contribution < -0.4 is 5.32 Å². The number of benzene rings is 1. The lowest BCUT2D eigenvalue weighted by molar-refractivity contribution is -0.146. The fourth-order valence-electron chi connectivity index (χ4n) is 2.86. The highest BCUT2D eigenvalue weighted by Gasteiger charge is 2.33. The van der Waals surface area contributed by atoms with Crippen LogP contribution in [0.4, 0.5) is 0 Å².